The molecule has 0 radical (unpaired) electrons. The Bertz CT molecular complexity index is 955. The van der Waals surface area contributed by atoms with Gasteiger partial charge < -0.3 is 4.74 Å². The van der Waals surface area contributed by atoms with Crippen LogP contribution in [0.5, 0.6) is 0 Å². The van der Waals surface area contributed by atoms with Gasteiger partial charge in [0.25, 0.3) is 0 Å². The second-order valence-corrected chi connectivity index (χ2v) is 8.16. The molecule has 0 saturated carbocycles. The smallest absolute Gasteiger partial charge is 0.321 e. The third-order valence-corrected chi connectivity index (χ3v) is 5.75. The van der Waals surface area contributed by atoms with E-state index in [2.05, 4.69) is 0 Å². The van der Waals surface area contributed by atoms with E-state index in [9.17, 15) is 22.4 Å². The van der Waals surface area contributed by atoms with Gasteiger partial charge >= 0.3 is 5.97 Å². The Kier molecular flexibility index (Phi) is 6.45. The van der Waals surface area contributed by atoms with E-state index in [0.29, 0.717) is 5.56 Å². The van der Waals surface area contributed by atoms with E-state index in [-0.39, 0.29) is 10.7 Å². The lowest BCUT2D eigenvalue weighted by molar-refractivity contribution is -0.142. The number of halogens is 1. The van der Waals surface area contributed by atoms with Crippen LogP contribution in [0.25, 0.3) is 0 Å². The first-order chi connectivity index (χ1) is 12.6. The van der Waals surface area contributed by atoms with E-state index >= 15 is 0 Å². The van der Waals surface area contributed by atoms with Gasteiger partial charge in [0.15, 0.2) is 6.61 Å². The molecule has 0 aliphatic rings. The number of aryl methyl sites for hydroxylation is 2. The quantitative estimate of drug-likeness (QED) is 0.533. The lowest BCUT2D eigenvalue weighted by atomic mass is 10.0. The summed E-state index contributed by atoms with van der Waals surface area (Å²) in [6.07, 6.45) is 0. The number of nitrogens with zero attached hydrogens (tertiary/aromatic N) is 1. The minimum Gasteiger partial charge on any atom is -0.456 e. The van der Waals surface area contributed by atoms with Crippen molar-refractivity contribution >= 4 is 21.8 Å². The van der Waals surface area contributed by atoms with Gasteiger partial charge in [-0.2, -0.15) is 4.31 Å². The molecule has 2 rings (SSSR count). The van der Waals surface area contributed by atoms with Gasteiger partial charge in [-0.1, -0.05) is 17.7 Å². The first kappa shape index (κ1) is 20.7. The molecule has 0 aromatic heterocycles. The average Bonchev–Trinajstić information content (AvgIpc) is 2.62. The van der Waals surface area contributed by atoms with E-state index in [1.807, 2.05) is 13.0 Å². The topological polar surface area (TPSA) is 80.8 Å². The van der Waals surface area contributed by atoms with Gasteiger partial charge in [-0.25, -0.2) is 12.8 Å². The molecular weight excluding hydrogens is 373 g/mol. The van der Waals surface area contributed by atoms with Crippen LogP contribution in [0.1, 0.15) is 21.5 Å². The summed E-state index contributed by atoms with van der Waals surface area (Å²) in [4.78, 5) is 24.0. The normalized spacial score (nSPS) is 11.4. The Morgan fingerprint density at radius 2 is 1.70 bits per heavy atom. The first-order valence-electron chi connectivity index (χ1n) is 8.09. The third-order valence-electron chi connectivity index (χ3n) is 3.93. The van der Waals surface area contributed by atoms with Crippen molar-refractivity contribution in [3.8, 4) is 0 Å². The highest BCUT2D eigenvalue weighted by Crippen LogP contribution is 2.15. The molecule has 0 fully saturated rings. The second kappa shape index (κ2) is 8.41. The largest absolute Gasteiger partial charge is 0.456 e. The minimum atomic E-state index is -3.97. The zero-order valence-electron chi connectivity index (χ0n) is 15.2. The number of likely N-dealkylation sites (N-methyl/N-ethyl adjacent to an activating group) is 1. The molecule has 2 aromatic carbocycles. The maximum atomic E-state index is 12.9. The van der Waals surface area contributed by atoms with Crippen molar-refractivity contribution in [1.29, 1.82) is 0 Å². The number of benzene rings is 2. The number of hydrogen-bond donors (Lipinski definition) is 0. The summed E-state index contributed by atoms with van der Waals surface area (Å²) in [6.45, 7) is 2.57. The Hall–Kier alpha value is -2.58. The van der Waals surface area contributed by atoms with E-state index in [4.69, 9.17) is 4.74 Å². The summed E-state index contributed by atoms with van der Waals surface area (Å²) in [7, 11) is -2.77. The third kappa shape index (κ3) is 5.21. The van der Waals surface area contributed by atoms with Gasteiger partial charge in [-0.15, -0.1) is 0 Å². The van der Waals surface area contributed by atoms with Gasteiger partial charge in [0.2, 0.25) is 15.8 Å². The highest BCUT2D eigenvalue weighted by molar-refractivity contribution is 7.89. The maximum Gasteiger partial charge on any atom is 0.321 e. The zero-order chi connectivity index (χ0) is 20.2. The molecule has 6 nitrogen and oxygen atoms in total. The number of carbonyl (C=O) groups is 2. The molecule has 0 aliphatic carbocycles. The number of hydrogen-bond acceptors (Lipinski definition) is 5. The fourth-order valence-electron chi connectivity index (χ4n) is 2.36. The Labute approximate surface area is 157 Å². The van der Waals surface area contributed by atoms with Gasteiger partial charge in [-0.05, 0) is 49.7 Å². The Balaban J connectivity index is 1.97. The molecule has 0 amide bonds. The second-order valence-electron chi connectivity index (χ2n) is 6.12. The standard InChI is InChI=1S/C19H20FNO5S/c1-13-4-5-14(2)17(10-13)18(22)12-26-19(23)11-21(3)27(24,25)16-8-6-15(20)7-9-16/h4-10H,11-12H2,1-3H3. The van der Waals surface area contributed by atoms with Crippen LogP contribution in [0, 0.1) is 19.7 Å². The molecule has 0 saturated heterocycles. The number of rotatable bonds is 7. The number of esters is 1. The predicted octanol–water partition coefficient (Wildman–Crippen LogP) is 2.49. The SMILES string of the molecule is Cc1ccc(C)c(C(=O)COC(=O)CN(C)S(=O)(=O)c2ccc(F)cc2)c1. The van der Waals surface area contributed by atoms with Crippen LogP contribution in [0.15, 0.2) is 47.4 Å². The molecule has 27 heavy (non-hydrogen) atoms. The van der Waals surface area contributed by atoms with Crippen molar-refractivity contribution in [2.75, 3.05) is 20.2 Å². The van der Waals surface area contributed by atoms with Crippen LogP contribution < -0.4 is 0 Å². The molecule has 0 unspecified atom stereocenters. The van der Waals surface area contributed by atoms with Crippen LogP contribution in [0.2, 0.25) is 0 Å². The molecule has 2 aromatic rings. The number of sulfonamides is 1. The summed E-state index contributed by atoms with van der Waals surface area (Å²) in [5.41, 5.74) is 2.12. The van der Waals surface area contributed by atoms with E-state index in [1.165, 1.54) is 7.05 Å². The first-order valence-corrected chi connectivity index (χ1v) is 9.53. The van der Waals surface area contributed by atoms with Gasteiger partial charge in [0, 0.05) is 12.6 Å². The molecule has 0 spiro atoms. The van der Waals surface area contributed by atoms with Gasteiger partial charge in [0.05, 0.1) is 4.90 Å². The summed E-state index contributed by atoms with van der Waals surface area (Å²) in [5, 5.41) is 0. The van der Waals surface area contributed by atoms with Crippen LogP contribution >= 0.6 is 0 Å². The van der Waals surface area contributed by atoms with E-state index in [0.717, 1.165) is 39.7 Å². The van der Waals surface area contributed by atoms with Crippen molar-refractivity contribution in [3.05, 3.63) is 65.0 Å². The summed E-state index contributed by atoms with van der Waals surface area (Å²) >= 11 is 0. The van der Waals surface area contributed by atoms with Crippen molar-refractivity contribution in [2.24, 2.45) is 0 Å². The van der Waals surface area contributed by atoms with Crippen LogP contribution in [-0.2, 0) is 19.6 Å². The number of ketones is 1. The van der Waals surface area contributed by atoms with E-state index in [1.54, 1.807) is 19.1 Å². The minimum absolute atomic E-state index is 0.148. The van der Waals surface area contributed by atoms with Crippen LogP contribution in [0.4, 0.5) is 4.39 Å². The van der Waals surface area contributed by atoms with Crippen LogP contribution in [-0.4, -0.2) is 44.7 Å². The van der Waals surface area contributed by atoms with Crippen LogP contribution in [0.3, 0.4) is 0 Å². The highest BCUT2D eigenvalue weighted by Gasteiger charge is 2.24. The number of Topliss-reactive ketones (excluding diaryl/α,β-unsaturated/α-hetero) is 1. The number of ether oxygens (including phenoxy) is 1. The lowest BCUT2D eigenvalue weighted by Crippen LogP contribution is -2.33. The van der Waals surface area contributed by atoms with E-state index < -0.39 is 35.0 Å². The van der Waals surface area contributed by atoms with Crippen molar-refractivity contribution in [2.45, 2.75) is 18.7 Å². The Morgan fingerprint density at radius 1 is 1.07 bits per heavy atom. The summed E-state index contributed by atoms with van der Waals surface area (Å²) in [6, 6.07) is 9.62. The molecule has 8 heteroatoms. The molecule has 0 aliphatic heterocycles. The summed E-state index contributed by atoms with van der Waals surface area (Å²) < 4.78 is 43.3. The number of carbonyl (C=O) groups excluding carboxylic acids is 2. The Morgan fingerprint density at radius 3 is 2.33 bits per heavy atom. The fraction of sp³-hybridized carbons (Fsp3) is 0.263. The van der Waals surface area contributed by atoms with Crippen molar-refractivity contribution in [1.82, 2.24) is 4.31 Å². The molecule has 144 valence electrons. The molecule has 0 N–H and O–H groups in total. The predicted molar refractivity (Wildman–Crippen MR) is 97.4 cm³/mol. The fourth-order valence-corrected chi connectivity index (χ4v) is 3.47. The van der Waals surface area contributed by atoms with Crippen molar-refractivity contribution in [3.63, 3.8) is 0 Å². The zero-order valence-corrected chi connectivity index (χ0v) is 16.0. The van der Waals surface area contributed by atoms with Gasteiger partial charge in [-0.3, -0.25) is 9.59 Å². The monoisotopic (exact) mass is 393 g/mol. The molecule has 0 bridgehead atoms. The average molecular weight is 393 g/mol. The van der Waals surface area contributed by atoms with Crippen molar-refractivity contribution < 1.29 is 27.1 Å². The van der Waals surface area contributed by atoms with Gasteiger partial charge in [0.1, 0.15) is 12.4 Å². The summed E-state index contributed by atoms with van der Waals surface area (Å²) in [5.74, 6) is -1.79. The highest BCUT2D eigenvalue weighted by atomic mass is 32.2. The molecule has 0 heterocycles. The molecule has 0 atom stereocenters. The molecular formula is C19H20FNO5S. The maximum absolute atomic E-state index is 12.9. The lowest BCUT2D eigenvalue weighted by Gasteiger charge is -2.16.